The van der Waals surface area contributed by atoms with Crippen LogP contribution in [0.2, 0.25) is 0 Å². The Morgan fingerprint density at radius 1 is 1.44 bits per heavy atom. The van der Waals surface area contributed by atoms with Crippen molar-refractivity contribution in [3.05, 3.63) is 24.4 Å². The summed E-state index contributed by atoms with van der Waals surface area (Å²) >= 11 is 0. The Labute approximate surface area is 93.1 Å². The number of ether oxygens (including phenoxy) is 1. The topological polar surface area (TPSA) is 73.3 Å². The molecule has 0 unspecified atom stereocenters. The van der Waals surface area contributed by atoms with Crippen LogP contribution in [0.3, 0.4) is 0 Å². The average molecular weight is 219 g/mol. The second-order valence-corrected chi connectivity index (χ2v) is 3.42. The predicted molar refractivity (Wildman–Crippen MR) is 61.3 cm³/mol. The van der Waals surface area contributed by atoms with Gasteiger partial charge in [-0.2, -0.15) is 5.10 Å². The summed E-state index contributed by atoms with van der Waals surface area (Å²) in [6.07, 6.45) is 1.60. The summed E-state index contributed by atoms with van der Waals surface area (Å²) in [5.41, 5.74) is 7.09. The third-order valence-electron chi connectivity index (χ3n) is 2.48. The molecular formula is C11H13N3O2. The molecule has 0 aliphatic carbocycles. The molecule has 1 aromatic heterocycles. The van der Waals surface area contributed by atoms with Crippen molar-refractivity contribution < 1.29 is 9.84 Å². The van der Waals surface area contributed by atoms with Gasteiger partial charge in [0.05, 0.1) is 24.4 Å². The number of benzene rings is 1. The number of rotatable bonds is 2. The third kappa shape index (κ3) is 1.46. The molecule has 0 bridgehead atoms. The van der Waals surface area contributed by atoms with Gasteiger partial charge in [-0.1, -0.05) is 6.07 Å². The zero-order valence-electron chi connectivity index (χ0n) is 9.14. The first-order valence-corrected chi connectivity index (χ1v) is 4.79. The summed E-state index contributed by atoms with van der Waals surface area (Å²) in [5.74, 6) is 1.18. The Morgan fingerprint density at radius 2 is 2.19 bits per heavy atom. The number of aromatic nitrogens is 2. The van der Waals surface area contributed by atoms with Crippen molar-refractivity contribution in [2.75, 3.05) is 12.8 Å². The molecule has 0 aliphatic rings. The van der Waals surface area contributed by atoms with Crippen molar-refractivity contribution >= 4 is 5.82 Å². The minimum atomic E-state index is 0.124. The van der Waals surface area contributed by atoms with E-state index < -0.39 is 0 Å². The van der Waals surface area contributed by atoms with Crippen molar-refractivity contribution in [1.82, 2.24) is 9.78 Å². The highest BCUT2D eigenvalue weighted by Crippen LogP contribution is 2.39. The Balaban J connectivity index is 2.68. The van der Waals surface area contributed by atoms with Crippen LogP contribution in [0.25, 0.3) is 11.1 Å². The molecule has 5 nitrogen and oxygen atoms in total. The van der Waals surface area contributed by atoms with E-state index in [0.29, 0.717) is 22.7 Å². The van der Waals surface area contributed by atoms with Gasteiger partial charge in [0.25, 0.3) is 0 Å². The number of nitrogens with two attached hydrogens (primary N) is 1. The van der Waals surface area contributed by atoms with E-state index >= 15 is 0 Å². The number of nitrogen functional groups attached to an aromatic ring is 1. The molecule has 0 fully saturated rings. The van der Waals surface area contributed by atoms with Crippen LogP contribution in [0, 0.1) is 0 Å². The van der Waals surface area contributed by atoms with Gasteiger partial charge in [-0.15, -0.1) is 0 Å². The van der Waals surface area contributed by atoms with Crippen LogP contribution in [0.5, 0.6) is 11.5 Å². The Kier molecular flexibility index (Phi) is 2.44. The highest BCUT2D eigenvalue weighted by atomic mass is 16.5. The number of aromatic hydroxyl groups is 1. The van der Waals surface area contributed by atoms with Gasteiger partial charge < -0.3 is 15.6 Å². The number of phenolic OH excluding ortho intramolecular Hbond substituents is 1. The van der Waals surface area contributed by atoms with Gasteiger partial charge in [0.15, 0.2) is 0 Å². The molecule has 2 rings (SSSR count). The van der Waals surface area contributed by atoms with E-state index in [1.54, 1.807) is 43.2 Å². The maximum atomic E-state index is 9.84. The molecule has 1 aromatic carbocycles. The molecule has 0 saturated heterocycles. The molecule has 0 atom stereocenters. The Hall–Kier alpha value is -2.17. The van der Waals surface area contributed by atoms with Crippen molar-refractivity contribution in [2.24, 2.45) is 7.05 Å². The second kappa shape index (κ2) is 3.77. The van der Waals surface area contributed by atoms with E-state index in [2.05, 4.69) is 5.10 Å². The first-order valence-electron chi connectivity index (χ1n) is 4.79. The normalized spacial score (nSPS) is 10.4. The van der Waals surface area contributed by atoms with Crippen LogP contribution < -0.4 is 10.5 Å². The van der Waals surface area contributed by atoms with Gasteiger partial charge >= 0.3 is 0 Å². The first-order chi connectivity index (χ1) is 7.65. The summed E-state index contributed by atoms with van der Waals surface area (Å²) in [4.78, 5) is 0. The average Bonchev–Trinajstić information content (AvgIpc) is 2.60. The Morgan fingerprint density at radius 3 is 2.75 bits per heavy atom. The van der Waals surface area contributed by atoms with Crippen molar-refractivity contribution in [3.8, 4) is 22.6 Å². The summed E-state index contributed by atoms with van der Waals surface area (Å²) in [6.45, 7) is 0. The summed E-state index contributed by atoms with van der Waals surface area (Å²) in [6, 6.07) is 5.07. The fraction of sp³-hybridized carbons (Fsp3) is 0.182. The van der Waals surface area contributed by atoms with Gasteiger partial charge in [-0.05, 0) is 12.1 Å². The summed E-state index contributed by atoms with van der Waals surface area (Å²) < 4.78 is 6.74. The van der Waals surface area contributed by atoms with Gasteiger partial charge in [-0.25, -0.2) is 0 Å². The fourth-order valence-corrected chi connectivity index (χ4v) is 1.60. The predicted octanol–water partition coefficient (Wildman–Crippen LogP) is 1.38. The minimum Gasteiger partial charge on any atom is -0.507 e. The van der Waals surface area contributed by atoms with E-state index in [1.807, 2.05) is 0 Å². The van der Waals surface area contributed by atoms with E-state index in [4.69, 9.17) is 10.5 Å². The monoisotopic (exact) mass is 219 g/mol. The first kappa shape index (κ1) is 10.4. The van der Waals surface area contributed by atoms with Crippen LogP contribution in [0.4, 0.5) is 5.82 Å². The zero-order valence-corrected chi connectivity index (χ0v) is 9.14. The van der Waals surface area contributed by atoms with Gasteiger partial charge in [0.2, 0.25) is 0 Å². The smallest absolute Gasteiger partial charge is 0.130 e. The Bertz CT molecular complexity index is 520. The number of aryl methyl sites for hydroxylation is 1. The molecule has 0 radical (unpaired) electrons. The number of hydrogen-bond acceptors (Lipinski definition) is 4. The molecule has 1 heterocycles. The third-order valence-corrected chi connectivity index (χ3v) is 2.48. The van der Waals surface area contributed by atoms with Crippen LogP contribution in [-0.4, -0.2) is 22.0 Å². The molecule has 0 amide bonds. The van der Waals surface area contributed by atoms with Gasteiger partial charge in [0, 0.05) is 7.05 Å². The molecule has 0 aliphatic heterocycles. The van der Waals surface area contributed by atoms with Crippen molar-refractivity contribution in [1.29, 1.82) is 0 Å². The largest absolute Gasteiger partial charge is 0.507 e. The highest BCUT2D eigenvalue weighted by molar-refractivity contribution is 5.82. The number of anilines is 1. The molecule has 0 saturated carbocycles. The van der Waals surface area contributed by atoms with Gasteiger partial charge in [0.1, 0.15) is 17.3 Å². The van der Waals surface area contributed by atoms with Crippen molar-refractivity contribution in [3.63, 3.8) is 0 Å². The molecule has 5 heteroatoms. The fourth-order valence-electron chi connectivity index (χ4n) is 1.60. The number of phenols is 1. The van der Waals surface area contributed by atoms with E-state index in [9.17, 15) is 5.11 Å². The standard InChI is InChI=1S/C11H13N3O2/c1-14-11(12)7(6-13-14)10-8(15)4-3-5-9(10)16-2/h3-6,15H,12H2,1-2H3. The molecule has 16 heavy (non-hydrogen) atoms. The summed E-state index contributed by atoms with van der Waals surface area (Å²) in [7, 11) is 3.29. The SMILES string of the molecule is COc1cccc(O)c1-c1cnn(C)c1N. The maximum absolute atomic E-state index is 9.84. The molecule has 3 N–H and O–H groups in total. The number of methoxy groups -OCH3 is 1. The van der Waals surface area contributed by atoms with Crippen LogP contribution >= 0.6 is 0 Å². The minimum absolute atomic E-state index is 0.124. The lowest BCUT2D eigenvalue weighted by Crippen LogP contribution is -1.98. The van der Waals surface area contributed by atoms with Crippen molar-refractivity contribution in [2.45, 2.75) is 0 Å². The van der Waals surface area contributed by atoms with Crippen LogP contribution in [-0.2, 0) is 7.05 Å². The molecule has 2 aromatic rings. The quantitative estimate of drug-likeness (QED) is 0.800. The number of nitrogens with zero attached hydrogens (tertiary/aromatic N) is 2. The summed E-state index contributed by atoms with van der Waals surface area (Å²) in [5, 5.41) is 13.9. The number of hydrogen-bond donors (Lipinski definition) is 2. The van der Waals surface area contributed by atoms with Crippen LogP contribution in [0.1, 0.15) is 0 Å². The lowest BCUT2D eigenvalue weighted by molar-refractivity contribution is 0.410. The van der Waals surface area contributed by atoms with E-state index in [-0.39, 0.29) is 5.75 Å². The van der Waals surface area contributed by atoms with Crippen LogP contribution in [0.15, 0.2) is 24.4 Å². The zero-order chi connectivity index (χ0) is 11.7. The maximum Gasteiger partial charge on any atom is 0.130 e. The molecular weight excluding hydrogens is 206 g/mol. The van der Waals surface area contributed by atoms with Gasteiger partial charge in [-0.3, -0.25) is 4.68 Å². The van der Waals surface area contributed by atoms with E-state index in [0.717, 1.165) is 0 Å². The lowest BCUT2D eigenvalue weighted by Gasteiger charge is -2.09. The molecule has 0 spiro atoms. The highest BCUT2D eigenvalue weighted by Gasteiger charge is 2.16. The van der Waals surface area contributed by atoms with E-state index in [1.165, 1.54) is 0 Å². The molecule has 84 valence electrons. The second-order valence-electron chi connectivity index (χ2n) is 3.42. The lowest BCUT2D eigenvalue weighted by atomic mass is 10.1.